The number of carbonyl (C=O) groups excluding carboxylic acids is 2. The zero-order valence-corrected chi connectivity index (χ0v) is 18.8. The lowest BCUT2D eigenvalue weighted by Gasteiger charge is -2.11. The summed E-state index contributed by atoms with van der Waals surface area (Å²) in [4.78, 5) is 28.5. The van der Waals surface area contributed by atoms with Crippen molar-refractivity contribution in [3.05, 3.63) is 65.2 Å². The lowest BCUT2D eigenvalue weighted by molar-refractivity contribution is -0.115. The van der Waals surface area contributed by atoms with E-state index in [1.165, 1.54) is 6.92 Å². The highest BCUT2D eigenvalue weighted by Crippen LogP contribution is 2.28. The third-order valence-electron chi connectivity index (χ3n) is 4.37. The van der Waals surface area contributed by atoms with Crippen molar-refractivity contribution < 1.29 is 14.3 Å². The number of nitrogens with one attached hydrogen (secondary N) is 1. The molecule has 1 heterocycles. The van der Waals surface area contributed by atoms with Crippen LogP contribution in [0.5, 0.6) is 5.75 Å². The number of anilines is 1. The molecular formula is C23H24N2O3S2. The molecule has 5 nitrogen and oxygen atoms in total. The number of thiazole rings is 1. The number of rotatable bonds is 9. The molecule has 3 aromatic rings. The minimum Gasteiger partial charge on any atom is -0.494 e. The van der Waals surface area contributed by atoms with Gasteiger partial charge in [-0.2, -0.15) is 0 Å². The van der Waals surface area contributed by atoms with Gasteiger partial charge in [0, 0.05) is 27.9 Å². The molecule has 1 atom stereocenters. The predicted molar refractivity (Wildman–Crippen MR) is 125 cm³/mol. The van der Waals surface area contributed by atoms with E-state index >= 15 is 0 Å². The van der Waals surface area contributed by atoms with Gasteiger partial charge >= 0.3 is 0 Å². The van der Waals surface area contributed by atoms with Crippen molar-refractivity contribution in [2.24, 2.45) is 0 Å². The molecule has 0 spiro atoms. The van der Waals surface area contributed by atoms with Gasteiger partial charge in [-0.15, -0.1) is 23.1 Å². The highest BCUT2D eigenvalue weighted by atomic mass is 32.2. The first-order valence-corrected chi connectivity index (χ1v) is 11.6. The number of benzene rings is 2. The number of nitrogens with zero attached hydrogens (tertiary/aromatic N) is 1. The van der Waals surface area contributed by atoms with E-state index in [2.05, 4.69) is 5.32 Å². The number of hydrogen-bond acceptors (Lipinski definition) is 6. The van der Waals surface area contributed by atoms with Gasteiger partial charge in [0.1, 0.15) is 10.8 Å². The second kappa shape index (κ2) is 10.4. The quantitative estimate of drug-likeness (QED) is 0.434. The molecule has 3 rings (SSSR count). The number of ether oxygens (including phenoxy) is 1. The van der Waals surface area contributed by atoms with E-state index in [1.807, 2.05) is 43.5 Å². The maximum absolute atomic E-state index is 12.4. The van der Waals surface area contributed by atoms with E-state index in [0.29, 0.717) is 23.6 Å². The van der Waals surface area contributed by atoms with Gasteiger partial charge < -0.3 is 10.1 Å². The molecule has 156 valence electrons. The Morgan fingerprint density at radius 2 is 1.83 bits per heavy atom. The maximum Gasteiger partial charge on any atom is 0.237 e. The zero-order valence-electron chi connectivity index (χ0n) is 17.2. The second-order valence-corrected chi connectivity index (χ2v) is 8.86. The summed E-state index contributed by atoms with van der Waals surface area (Å²) in [5, 5.41) is 5.65. The third-order valence-corrected chi connectivity index (χ3v) is 6.49. The molecule has 0 saturated heterocycles. The molecule has 0 saturated carbocycles. The van der Waals surface area contributed by atoms with Crippen LogP contribution < -0.4 is 10.1 Å². The van der Waals surface area contributed by atoms with Crippen molar-refractivity contribution >= 4 is 40.5 Å². The Balaban J connectivity index is 1.52. The van der Waals surface area contributed by atoms with E-state index in [4.69, 9.17) is 9.72 Å². The molecule has 0 fully saturated rings. The smallest absolute Gasteiger partial charge is 0.237 e. The highest BCUT2D eigenvalue weighted by molar-refractivity contribution is 7.99. The van der Waals surface area contributed by atoms with Gasteiger partial charge in [0.2, 0.25) is 5.91 Å². The van der Waals surface area contributed by atoms with Gasteiger partial charge in [0.15, 0.2) is 5.78 Å². The second-order valence-electron chi connectivity index (χ2n) is 6.68. The number of Topliss-reactive ketones (excluding diaryl/α,β-unsaturated/α-hetero) is 1. The van der Waals surface area contributed by atoms with Crippen LogP contribution in [0.25, 0.3) is 10.6 Å². The van der Waals surface area contributed by atoms with E-state index in [9.17, 15) is 9.59 Å². The Morgan fingerprint density at radius 1 is 1.13 bits per heavy atom. The molecule has 7 heteroatoms. The first-order valence-electron chi connectivity index (χ1n) is 9.67. The van der Waals surface area contributed by atoms with Crippen molar-refractivity contribution in [2.45, 2.75) is 31.8 Å². The van der Waals surface area contributed by atoms with E-state index in [1.54, 1.807) is 47.4 Å². The molecule has 1 unspecified atom stereocenters. The summed E-state index contributed by atoms with van der Waals surface area (Å²) >= 11 is 3.14. The van der Waals surface area contributed by atoms with Crippen LogP contribution in [0.3, 0.4) is 0 Å². The summed E-state index contributed by atoms with van der Waals surface area (Å²) in [6, 6.07) is 14.8. The minimum atomic E-state index is -0.229. The minimum absolute atomic E-state index is 0.00432. The molecule has 0 aliphatic rings. The Kier molecular flexibility index (Phi) is 7.65. The zero-order chi connectivity index (χ0) is 21.5. The number of amides is 1. The normalized spacial score (nSPS) is 11.7. The Labute approximate surface area is 184 Å². The van der Waals surface area contributed by atoms with Crippen molar-refractivity contribution in [1.29, 1.82) is 0 Å². The first-order chi connectivity index (χ1) is 14.5. The average Bonchev–Trinajstić information content (AvgIpc) is 3.22. The van der Waals surface area contributed by atoms with Gasteiger partial charge in [-0.3, -0.25) is 9.59 Å². The molecule has 0 aliphatic heterocycles. The summed E-state index contributed by atoms with van der Waals surface area (Å²) in [5.74, 6) is 1.44. The maximum atomic E-state index is 12.4. The van der Waals surface area contributed by atoms with Crippen molar-refractivity contribution in [3.8, 4) is 16.3 Å². The number of thioether (sulfide) groups is 1. The number of hydrogen-bond donors (Lipinski definition) is 1. The highest BCUT2D eigenvalue weighted by Gasteiger charge is 2.15. The first kappa shape index (κ1) is 22.1. The van der Waals surface area contributed by atoms with Crippen molar-refractivity contribution in [3.63, 3.8) is 0 Å². The van der Waals surface area contributed by atoms with Crippen LogP contribution in [0, 0.1) is 0 Å². The van der Waals surface area contributed by atoms with Crippen LogP contribution in [-0.2, 0) is 10.5 Å². The van der Waals surface area contributed by atoms with Gasteiger partial charge in [0.25, 0.3) is 0 Å². The molecule has 1 aromatic heterocycles. The van der Waals surface area contributed by atoms with Crippen LogP contribution >= 0.6 is 23.1 Å². The van der Waals surface area contributed by atoms with Crippen molar-refractivity contribution in [2.75, 3.05) is 11.9 Å². The fourth-order valence-corrected chi connectivity index (χ4v) is 4.39. The molecular weight excluding hydrogens is 416 g/mol. The molecule has 0 radical (unpaired) electrons. The summed E-state index contributed by atoms with van der Waals surface area (Å²) in [7, 11) is 0. The van der Waals surface area contributed by atoms with E-state index in [0.717, 1.165) is 22.0 Å². The summed E-state index contributed by atoms with van der Waals surface area (Å²) in [6.07, 6.45) is 0. The van der Waals surface area contributed by atoms with Gasteiger partial charge in [-0.05, 0) is 69.3 Å². The van der Waals surface area contributed by atoms with Crippen LogP contribution in [0.15, 0.2) is 53.9 Å². The van der Waals surface area contributed by atoms with Gasteiger partial charge in [-0.1, -0.05) is 0 Å². The molecule has 1 amide bonds. The Hall–Kier alpha value is -2.64. The predicted octanol–water partition coefficient (Wildman–Crippen LogP) is 5.67. The number of aromatic nitrogens is 1. The number of ketones is 1. The monoisotopic (exact) mass is 440 g/mol. The van der Waals surface area contributed by atoms with Crippen LogP contribution in [0.1, 0.15) is 36.8 Å². The summed E-state index contributed by atoms with van der Waals surface area (Å²) in [6.45, 7) is 6.01. The van der Waals surface area contributed by atoms with Crippen LogP contribution in [0.2, 0.25) is 0 Å². The molecule has 30 heavy (non-hydrogen) atoms. The van der Waals surface area contributed by atoms with Crippen LogP contribution in [-0.4, -0.2) is 28.5 Å². The molecule has 0 aliphatic carbocycles. The van der Waals surface area contributed by atoms with Crippen molar-refractivity contribution in [1.82, 2.24) is 4.98 Å². The standard InChI is InChI=1S/C23H24N2O3S2/c1-4-28-21-11-7-18(8-12-21)23-25-20(14-30-23)13-29-16(3)22(27)24-19-9-5-17(6-10-19)15(2)26/h5-12,14,16H,4,13H2,1-3H3,(H,24,27). The summed E-state index contributed by atoms with van der Waals surface area (Å²) < 4.78 is 5.47. The lowest BCUT2D eigenvalue weighted by Crippen LogP contribution is -2.22. The molecule has 2 aromatic carbocycles. The van der Waals surface area contributed by atoms with Crippen LogP contribution in [0.4, 0.5) is 5.69 Å². The fraction of sp³-hybridized carbons (Fsp3) is 0.261. The Morgan fingerprint density at radius 3 is 2.47 bits per heavy atom. The molecule has 1 N–H and O–H groups in total. The Bertz CT molecular complexity index is 998. The van der Waals surface area contributed by atoms with Gasteiger partial charge in [-0.25, -0.2) is 4.98 Å². The van der Waals surface area contributed by atoms with Gasteiger partial charge in [0.05, 0.1) is 17.6 Å². The van der Waals surface area contributed by atoms with E-state index < -0.39 is 0 Å². The average molecular weight is 441 g/mol. The molecule has 0 bridgehead atoms. The summed E-state index contributed by atoms with van der Waals surface area (Å²) in [5.41, 5.74) is 3.32. The number of carbonyl (C=O) groups is 2. The fourth-order valence-electron chi connectivity index (χ4n) is 2.68. The lowest BCUT2D eigenvalue weighted by atomic mass is 10.1. The van der Waals surface area contributed by atoms with E-state index in [-0.39, 0.29) is 16.9 Å². The topological polar surface area (TPSA) is 68.3 Å². The largest absolute Gasteiger partial charge is 0.494 e. The SMILES string of the molecule is CCOc1ccc(-c2nc(CSC(C)C(=O)Nc3ccc(C(C)=O)cc3)cs2)cc1. The third kappa shape index (κ3) is 5.93.